The molecule has 3 rings (SSSR count). The van der Waals surface area contributed by atoms with Gasteiger partial charge in [-0.25, -0.2) is 4.79 Å². The average molecular weight is 444 g/mol. The van der Waals surface area contributed by atoms with Gasteiger partial charge in [-0.2, -0.15) is 0 Å². The molecule has 1 saturated heterocycles. The first-order valence-corrected chi connectivity index (χ1v) is 10.6. The fourth-order valence-corrected chi connectivity index (χ4v) is 3.91. The van der Waals surface area contributed by atoms with Crippen molar-refractivity contribution in [2.45, 2.75) is 57.3 Å². The highest BCUT2D eigenvalue weighted by Crippen LogP contribution is 2.22. The molecule has 10 heteroatoms. The molecule has 2 heterocycles. The smallest absolute Gasteiger partial charge is 0.326 e. The zero-order valence-electron chi connectivity index (χ0n) is 18.1. The van der Waals surface area contributed by atoms with E-state index >= 15 is 0 Å². The van der Waals surface area contributed by atoms with Crippen LogP contribution in [0.5, 0.6) is 0 Å². The van der Waals surface area contributed by atoms with Gasteiger partial charge in [-0.1, -0.05) is 18.2 Å². The number of amides is 3. The second-order valence-electron chi connectivity index (χ2n) is 8.17. The Morgan fingerprint density at radius 3 is 2.59 bits per heavy atom. The van der Waals surface area contributed by atoms with Crippen molar-refractivity contribution < 1.29 is 24.3 Å². The van der Waals surface area contributed by atoms with E-state index in [1.807, 2.05) is 24.3 Å². The van der Waals surface area contributed by atoms with Crippen LogP contribution in [-0.2, 0) is 25.6 Å². The van der Waals surface area contributed by atoms with Crippen LogP contribution >= 0.6 is 0 Å². The number of aromatic amines is 1. The Labute approximate surface area is 185 Å². The van der Waals surface area contributed by atoms with Crippen molar-refractivity contribution in [3.05, 3.63) is 36.0 Å². The summed E-state index contributed by atoms with van der Waals surface area (Å²) in [4.78, 5) is 54.0. The van der Waals surface area contributed by atoms with E-state index in [4.69, 9.17) is 5.73 Å². The number of carbonyl (C=O) groups is 4. The van der Waals surface area contributed by atoms with Crippen LogP contribution in [0.4, 0.5) is 0 Å². The molecule has 1 aromatic carbocycles. The van der Waals surface area contributed by atoms with Crippen molar-refractivity contribution in [1.29, 1.82) is 0 Å². The maximum Gasteiger partial charge on any atom is 0.326 e. The minimum Gasteiger partial charge on any atom is -0.480 e. The topological polar surface area (TPSA) is 158 Å². The van der Waals surface area contributed by atoms with E-state index in [1.54, 1.807) is 6.20 Å². The van der Waals surface area contributed by atoms with E-state index < -0.39 is 47.9 Å². The zero-order chi connectivity index (χ0) is 23.4. The first kappa shape index (κ1) is 23.3. The minimum atomic E-state index is -1.06. The van der Waals surface area contributed by atoms with Gasteiger partial charge in [0, 0.05) is 30.1 Å². The third-order valence-electron chi connectivity index (χ3n) is 5.70. The van der Waals surface area contributed by atoms with Crippen molar-refractivity contribution in [2.75, 3.05) is 6.54 Å². The molecule has 3 amide bonds. The Morgan fingerprint density at radius 2 is 1.91 bits per heavy atom. The largest absolute Gasteiger partial charge is 0.480 e. The lowest BCUT2D eigenvalue weighted by molar-refractivity contribution is -0.149. The van der Waals surface area contributed by atoms with Gasteiger partial charge in [-0.05, 0) is 38.3 Å². The first-order chi connectivity index (χ1) is 15.2. The molecule has 0 bridgehead atoms. The highest BCUT2D eigenvalue weighted by molar-refractivity contribution is 5.94. The zero-order valence-corrected chi connectivity index (χ0v) is 18.1. The van der Waals surface area contributed by atoms with Crippen molar-refractivity contribution in [2.24, 2.45) is 5.73 Å². The molecule has 32 heavy (non-hydrogen) atoms. The van der Waals surface area contributed by atoms with Crippen LogP contribution in [0.25, 0.3) is 10.9 Å². The number of benzene rings is 1. The van der Waals surface area contributed by atoms with E-state index in [-0.39, 0.29) is 6.42 Å². The lowest BCUT2D eigenvalue weighted by Crippen LogP contribution is -2.56. The molecule has 172 valence electrons. The summed E-state index contributed by atoms with van der Waals surface area (Å²) in [5.41, 5.74) is 7.25. The van der Waals surface area contributed by atoms with Crippen molar-refractivity contribution in [3.8, 4) is 0 Å². The highest BCUT2D eigenvalue weighted by Gasteiger charge is 2.38. The van der Waals surface area contributed by atoms with E-state index in [2.05, 4.69) is 15.6 Å². The van der Waals surface area contributed by atoms with Crippen LogP contribution in [0.2, 0.25) is 0 Å². The first-order valence-electron chi connectivity index (χ1n) is 10.6. The molecular formula is C22H29N5O5. The normalized spacial score (nSPS) is 18.7. The van der Waals surface area contributed by atoms with E-state index in [0.717, 1.165) is 16.5 Å². The van der Waals surface area contributed by atoms with Crippen molar-refractivity contribution in [1.82, 2.24) is 20.5 Å². The molecule has 1 aliphatic rings. The number of rotatable bonds is 8. The van der Waals surface area contributed by atoms with Gasteiger partial charge in [0.05, 0.1) is 6.04 Å². The van der Waals surface area contributed by atoms with Gasteiger partial charge in [0.1, 0.15) is 18.1 Å². The van der Waals surface area contributed by atoms with E-state index in [9.17, 15) is 24.3 Å². The van der Waals surface area contributed by atoms with Gasteiger partial charge in [0.15, 0.2) is 0 Å². The number of hydrogen-bond donors (Lipinski definition) is 5. The van der Waals surface area contributed by atoms with E-state index in [1.165, 1.54) is 18.7 Å². The molecule has 1 fully saturated rings. The number of carboxylic acids is 1. The second kappa shape index (κ2) is 9.82. The van der Waals surface area contributed by atoms with Crippen molar-refractivity contribution >= 4 is 34.6 Å². The van der Waals surface area contributed by atoms with Gasteiger partial charge < -0.3 is 31.4 Å². The fraction of sp³-hybridized carbons (Fsp3) is 0.455. The van der Waals surface area contributed by atoms with Gasteiger partial charge in [0.25, 0.3) is 0 Å². The summed E-state index contributed by atoms with van der Waals surface area (Å²) in [5.74, 6) is -2.56. The molecule has 1 aliphatic heterocycles. The predicted octanol–water partition coefficient (Wildman–Crippen LogP) is 0.123. The van der Waals surface area contributed by atoms with Crippen LogP contribution in [0.1, 0.15) is 32.3 Å². The van der Waals surface area contributed by atoms with Crippen LogP contribution in [0, 0.1) is 0 Å². The Balaban J connectivity index is 1.83. The number of nitrogens with one attached hydrogen (secondary N) is 3. The van der Waals surface area contributed by atoms with Crippen molar-refractivity contribution in [3.63, 3.8) is 0 Å². The number of para-hydroxylation sites is 1. The Morgan fingerprint density at radius 1 is 1.19 bits per heavy atom. The number of carbonyl (C=O) groups excluding carboxylic acids is 3. The molecule has 0 spiro atoms. The summed E-state index contributed by atoms with van der Waals surface area (Å²) < 4.78 is 0. The number of nitrogens with zero attached hydrogens (tertiary/aromatic N) is 1. The predicted molar refractivity (Wildman–Crippen MR) is 118 cm³/mol. The number of aliphatic carboxylic acids is 1. The molecule has 0 aliphatic carbocycles. The van der Waals surface area contributed by atoms with Crippen LogP contribution in [0.15, 0.2) is 30.5 Å². The fourth-order valence-electron chi connectivity index (χ4n) is 3.91. The van der Waals surface area contributed by atoms with Gasteiger partial charge in [-0.3, -0.25) is 14.4 Å². The summed E-state index contributed by atoms with van der Waals surface area (Å²) >= 11 is 0. The summed E-state index contributed by atoms with van der Waals surface area (Å²) in [5, 5.41) is 15.6. The summed E-state index contributed by atoms with van der Waals surface area (Å²) in [6.45, 7) is 3.31. The molecule has 2 aromatic rings. The lowest BCUT2D eigenvalue weighted by Gasteiger charge is -2.28. The standard InChI is InChI=1S/C22H29N5O5/c1-12(23)19(28)25-13(2)20(29)26-17(21(30)27-9-5-8-18(27)22(31)32)10-14-11-24-16-7-4-3-6-15(14)16/h3-4,6-7,11-13,17-18,24H,5,8-10,23H2,1-2H3,(H,25,28)(H,26,29)(H,31,32). The maximum absolute atomic E-state index is 13.3. The number of carboxylic acid groups (broad SMARTS) is 1. The Hall–Kier alpha value is -3.40. The van der Waals surface area contributed by atoms with Crippen LogP contribution < -0.4 is 16.4 Å². The number of H-pyrrole nitrogens is 1. The second-order valence-corrected chi connectivity index (χ2v) is 8.17. The summed E-state index contributed by atoms with van der Waals surface area (Å²) in [6, 6.07) is 3.97. The number of hydrogen-bond acceptors (Lipinski definition) is 5. The van der Waals surface area contributed by atoms with Gasteiger partial charge in [0.2, 0.25) is 17.7 Å². The summed E-state index contributed by atoms with van der Waals surface area (Å²) in [6.07, 6.45) is 2.90. The molecular weight excluding hydrogens is 414 g/mol. The average Bonchev–Trinajstić information content (AvgIpc) is 3.40. The SMILES string of the molecule is CC(N)C(=O)NC(C)C(=O)NC(Cc1c[nH]c2ccccc12)C(=O)N1CCCC1C(=O)O. The molecule has 0 radical (unpaired) electrons. The third kappa shape index (κ3) is 5.08. The highest BCUT2D eigenvalue weighted by atomic mass is 16.4. The molecule has 0 saturated carbocycles. The molecule has 4 unspecified atom stereocenters. The quantitative estimate of drug-likeness (QED) is 0.390. The molecule has 4 atom stereocenters. The molecule has 10 nitrogen and oxygen atoms in total. The Kier molecular flexibility index (Phi) is 7.14. The van der Waals surface area contributed by atoms with E-state index in [0.29, 0.717) is 19.4 Å². The third-order valence-corrected chi connectivity index (χ3v) is 5.70. The number of nitrogens with two attached hydrogens (primary N) is 1. The number of aromatic nitrogens is 1. The molecule has 6 N–H and O–H groups in total. The Bertz CT molecular complexity index is 1020. The minimum absolute atomic E-state index is 0.172. The lowest BCUT2D eigenvalue weighted by atomic mass is 10.0. The van der Waals surface area contributed by atoms with Gasteiger partial charge in [-0.15, -0.1) is 0 Å². The summed E-state index contributed by atoms with van der Waals surface area (Å²) in [7, 11) is 0. The number of likely N-dealkylation sites (tertiary alicyclic amines) is 1. The van der Waals surface area contributed by atoms with Crippen LogP contribution in [0.3, 0.4) is 0 Å². The number of fused-ring (bicyclic) bond motifs is 1. The molecule has 1 aromatic heterocycles. The van der Waals surface area contributed by atoms with Gasteiger partial charge >= 0.3 is 5.97 Å². The maximum atomic E-state index is 13.3. The van der Waals surface area contributed by atoms with Crippen LogP contribution in [-0.4, -0.2) is 69.4 Å². The monoisotopic (exact) mass is 443 g/mol.